The largest absolute Gasteiger partial charge is 0.416 e. The molecule has 7 heteroatoms. The quantitative estimate of drug-likeness (QED) is 0.890. The molecule has 1 fully saturated rings. The number of nitrogens with one attached hydrogen (secondary N) is 2. The van der Waals surface area contributed by atoms with Crippen LogP contribution in [0.3, 0.4) is 0 Å². The van der Waals surface area contributed by atoms with Gasteiger partial charge in [-0.25, -0.2) is 0 Å². The molecule has 1 atom stereocenters. The molecular formula is C12H12BrF3N2O. The molecular weight excluding hydrogens is 325 g/mol. The lowest BCUT2D eigenvalue weighted by atomic mass is 10.2. The second-order valence-corrected chi connectivity index (χ2v) is 5.23. The summed E-state index contributed by atoms with van der Waals surface area (Å²) in [6, 6.07) is 3.47. The van der Waals surface area contributed by atoms with E-state index >= 15 is 0 Å². The molecule has 19 heavy (non-hydrogen) atoms. The molecule has 104 valence electrons. The molecule has 1 aliphatic rings. The highest BCUT2D eigenvalue weighted by Gasteiger charge is 2.30. The van der Waals surface area contributed by atoms with E-state index in [0.29, 0.717) is 23.1 Å². The average molecular weight is 337 g/mol. The Hall–Kier alpha value is -1.24. The van der Waals surface area contributed by atoms with Crippen molar-refractivity contribution in [3.8, 4) is 0 Å². The van der Waals surface area contributed by atoms with E-state index in [1.54, 1.807) is 0 Å². The zero-order valence-electron chi connectivity index (χ0n) is 9.85. The molecule has 1 aromatic carbocycles. The van der Waals surface area contributed by atoms with Gasteiger partial charge >= 0.3 is 6.18 Å². The van der Waals surface area contributed by atoms with Crippen LogP contribution in [0.15, 0.2) is 22.7 Å². The maximum Gasteiger partial charge on any atom is 0.416 e. The number of rotatable bonds is 3. The minimum absolute atomic E-state index is 0.0123. The second kappa shape index (κ2) is 5.40. The SMILES string of the molecule is O=C1CCC(CNc2ccc(C(F)(F)F)cc2Br)N1. The first-order chi connectivity index (χ1) is 8.86. The standard InChI is InChI=1S/C12H12BrF3N2O/c13-9-5-7(12(14,15)16)1-3-10(9)17-6-8-2-4-11(19)18-8/h1,3,5,8,17H,2,4,6H2,(H,18,19). The number of carbonyl (C=O) groups is 1. The van der Waals surface area contributed by atoms with Gasteiger partial charge in [0.25, 0.3) is 0 Å². The Morgan fingerprint density at radius 2 is 2.16 bits per heavy atom. The van der Waals surface area contributed by atoms with Crippen LogP contribution in [0.25, 0.3) is 0 Å². The van der Waals surface area contributed by atoms with Gasteiger partial charge in [-0.1, -0.05) is 0 Å². The van der Waals surface area contributed by atoms with Crippen LogP contribution in [-0.2, 0) is 11.0 Å². The van der Waals surface area contributed by atoms with E-state index in [4.69, 9.17) is 0 Å². The highest BCUT2D eigenvalue weighted by Crippen LogP contribution is 2.33. The first-order valence-corrected chi connectivity index (χ1v) is 6.55. The third kappa shape index (κ3) is 3.62. The fourth-order valence-corrected chi connectivity index (χ4v) is 2.42. The molecule has 1 aliphatic heterocycles. The summed E-state index contributed by atoms with van der Waals surface area (Å²) in [6.45, 7) is 0.496. The third-order valence-corrected chi connectivity index (χ3v) is 3.58. The number of halogens is 4. The number of hydrogen-bond donors (Lipinski definition) is 2. The number of anilines is 1. The zero-order valence-corrected chi connectivity index (χ0v) is 11.4. The number of amides is 1. The molecule has 0 bridgehead atoms. The van der Waals surface area contributed by atoms with E-state index in [0.717, 1.165) is 18.6 Å². The molecule has 0 radical (unpaired) electrons. The van der Waals surface area contributed by atoms with Crippen molar-refractivity contribution < 1.29 is 18.0 Å². The molecule has 0 spiro atoms. The van der Waals surface area contributed by atoms with Crippen molar-refractivity contribution in [1.82, 2.24) is 5.32 Å². The minimum Gasteiger partial charge on any atom is -0.382 e. The summed E-state index contributed by atoms with van der Waals surface area (Å²) in [7, 11) is 0. The topological polar surface area (TPSA) is 41.1 Å². The van der Waals surface area contributed by atoms with Gasteiger partial charge in [0.1, 0.15) is 0 Å². The van der Waals surface area contributed by atoms with Crippen molar-refractivity contribution in [1.29, 1.82) is 0 Å². The van der Waals surface area contributed by atoms with Gasteiger partial charge in [0.05, 0.1) is 5.56 Å². The molecule has 0 aromatic heterocycles. The monoisotopic (exact) mass is 336 g/mol. The van der Waals surface area contributed by atoms with Crippen molar-refractivity contribution in [2.24, 2.45) is 0 Å². The lowest BCUT2D eigenvalue weighted by molar-refractivity contribution is -0.137. The Labute approximate surface area is 116 Å². The number of alkyl halides is 3. The smallest absolute Gasteiger partial charge is 0.382 e. The molecule has 1 heterocycles. The van der Waals surface area contributed by atoms with Crippen LogP contribution in [0, 0.1) is 0 Å². The van der Waals surface area contributed by atoms with Crippen LogP contribution in [-0.4, -0.2) is 18.5 Å². The van der Waals surface area contributed by atoms with Gasteiger partial charge in [0.2, 0.25) is 5.91 Å². The Morgan fingerprint density at radius 1 is 1.42 bits per heavy atom. The van der Waals surface area contributed by atoms with Crippen LogP contribution in [0.4, 0.5) is 18.9 Å². The lowest BCUT2D eigenvalue weighted by Gasteiger charge is -2.15. The fraction of sp³-hybridized carbons (Fsp3) is 0.417. The summed E-state index contributed by atoms with van der Waals surface area (Å²) in [5, 5.41) is 5.81. The Kier molecular flexibility index (Phi) is 4.03. The maximum atomic E-state index is 12.5. The van der Waals surface area contributed by atoms with Gasteiger partial charge < -0.3 is 10.6 Å². The zero-order chi connectivity index (χ0) is 14.0. The third-order valence-electron chi connectivity index (χ3n) is 2.92. The highest BCUT2D eigenvalue weighted by molar-refractivity contribution is 9.10. The molecule has 2 N–H and O–H groups in total. The predicted molar refractivity (Wildman–Crippen MR) is 68.8 cm³/mol. The fourth-order valence-electron chi connectivity index (χ4n) is 1.90. The van der Waals surface area contributed by atoms with Gasteiger partial charge in [-0.3, -0.25) is 4.79 Å². The summed E-state index contributed by atoms with van der Waals surface area (Å²) < 4.78 is 37.8. The Balaban J connectivity index is 1.99. The molecule has 3 nitrogen and oxygen atoms in total. The Bertz CT molecular complexity index is 490. The number of hydrogen-bond acceptors (Lipinski definition) is 2. The number of carbonyl (C=O) groups excluding carboxylic acids is 1. The molecule has 1 saturated heterocycles. The van der Waals surface area contributed by atoms with E-state index < -0.39 is 11.7 Å². The molecule has 1 amide bonds. The van der Waals surface area contributed by atoms with Crippen molar-refractivity contribution >= 4 is 27.5 Å². The van der Waals surface area contributed by atoms with Gasteiger partial charge in [0, 0.05) is 29.2 Å². The molecule has 2 rings (SSSR count). The molecule has 1 unspecified atom stereocenters. The average Bonchev–Trinajstić information content (AvgIpc) is 2.72. The van der Waals surface area contributed by atoms with E-state index in [1.807, 2.05) is 0 Å². The first kappa shape index (κ1) is 14.2. The summed E-state index contributed by atoms with van der Waals surface area (Å²) in [6.07, 6.45) is -3.11. The molecule has 0 saturated carbocycles. The van der Waals surface area contributed by atoms with E-state index in [-0.39, 0.29) is 11.9 Å². The summed E-state index contributed by atoms with van der Waals surface area (Å²) in [5.41, 5.74) is -0.117. The van der Waals surface area contributed by atoms with Crippen LogP contribution in [0.2, 0.25) is 0 Å². The van der Waals surface area contributed by atoms with E-state index in [9.17, 15) is 18.0 Å². The van der Waals surface area contributed by atoms with Gasteiger partial charge in [-0.2, -0.15) is 13.2 Å². The minimum atomic E-state index is -4.35. The lowest BCUT2D eigenvalue weighted by Crippen LogP contribution is -2.31. The van der Waals surface area contributed by atoms with E-state index in [2.05, 4.69) is 26.6 Å². The molecule has 0 aliphatic carbocycles. The van der Waals surface area contributed by atoms with Crippen molar-refractivity contribution in [3.63, 3.8) is 0 Å². The van der Waals surface area contributed by atoms with Gasteiger partial charge in [-0.15, -0.1) is 0 Å². The van der Waals surface area contributed by atoms with Crippen LogP contribution in [0.5, 0.6) is 0 Å². The Morgan fingerprint density at radius 3 is 2.68 bits per heavy atom. The summed E-state index contributed by atoms with van der Waals surface area (Å²) in [4.78, 5) is 11.0. The van der Waals surface area contributed by atoms with Crippen LogP contribution in [0.1, 0.15) is 18.4 Å². The predicted octanol–water partition coefficient (Wildman–Crippen LogP) is 3.16. The van der Waals surface area contributed by atoms with Crippen molar-refractivity contribution in [3.05, 3.63) is 28.2 Å². The molecule has 1 aromatic rings. The maximum absolute atomic E-state index is 12.5. The summed E-state index contributed by atoms with van der Waals surface area (Å²) >= 11 is 3.11. The van der Waals surface area contributed by atoms with Gasteiger partial charge in [-0.05, 0) is 40.5 Å². The van der Waals surface area contributed by atoms with E-state index in [1.165, 1.54) is 6.07 Å². The highest BCUT2D eigenvalue weighted by atomic mass is 79.9. The second-order valence-electron chi connectivity index (χ2n) is 4.38. The van der Waals surface area contributed by atoms with Crippen LogP contribution >= 0.6 is 15.9 Å². The number of benzene rings is 1. The van der Waals surface area contributed by atoms with Gasteiger partial charge in [0.15, 0.2) is 0 Å². The summed E-state index contributed by atoms with van der Waals surface area (Å²) in [5.74, 6) is 0.0123. The van der Waals surface area contributed by atoms with Crippen molar-refractivity contribution in [2.75, 3.05) is 11.9 Å². The first-order valence-electron chi connectivity index (χ1n) is 5.76. The normalized spacial score (nSPS) is 19.4. The van der Waals surface area contributed by atoms with Crippen LogP contribution < -0.4 is 10.6 Å². The van der Waals surface area contributed by atoms with Crippen molar-refractivity contribution in [2.45, 2.75) is 25.1 Å².